The number of rotatable bonds is 4. The summed E-state index contributed by atoms with van der Waals surface area (Å²) in [6.45, 7) is 5.95. The molecule has 0 aliphatic carbocycles. The van der Waals surface area contributed by atoms with Crippen molar-refractivity contribution < 1.29 is 19.1 Å². The summed E-state index contributed by atoms with van der Waals surface area (Å²) in [7, 11) is 6.94. The van der Waals surface area contributed by atoms with E-state index in [-0.39, 0.29) is 5.97 Å². The normalized spacial score (nSPS) is 22.8. The van der Waals surface area contributed by atoms with Crippen molar-refractivity contribution in [3.8, 4) is 0 Å². The van der Waals surface area contributed by atoms with Crippen molar-refractivity contribution in [1.82, 2.24) is 4.90 Å². The summed E-state index contributed by atoms with van der Waals surface area (Å²) >= 11 is 0. The van der Waals surface area contributed by atoms with E-state index in [0.29, 0.717) is 32.1 Å². The number of methoxy groups -OCH3 is 1. The maximum absolute atomic E-state index is 12.5. The smallest absolute Gasteiger partial charge is 0.411 e. The fourth-order valence-corrected chi connectivity index (χ4v) is 2.78. The Balaban J connectivity index is 3.04. The first-order chi connectivity index (χ1) is 9.77. The van der Waals surface area contributed by atoms with Gasteiger partial charge in [-0.05, 0) is 46.5 Å². The maximum Gasteiger partial charge on any atom is 0.411 e. The van der Waals surface area contributed by atoms with Gasteiger partial charge in [0.05, 0.1) is 15.0 Å². The van der Waals surface area contributed by atoms with Crippen LogP contribution in [0.25, 0.3) is 0 Å². The lowest BCUT2D eigenvalue weighted by Crippen LogP contribution is -2.60. The van der Waals surface area contributed by atoms with E-state index in [1.54, 1.807) is 4.90 Å². The molecule has 2 radical (unpaired) electrons. The van der Waals surface area contributed by atoms with Gasteiger partial charge in [-0.3, -0.25) is 4.90 Å². The van der Waals surface area contributed by atoms with Gasteiger partial charge in [0.2, 0.25) is 0 Å². The van der Waals surface area contributed by atoms with E-state index < -0.39 is 17.2 Å². The predicted molar refractivity (Wildman–Crippen MR) is 81.3 cm³/mol. The Morgan fingerprint density at radius 3 is 2.48 bits per heavy atom. The first kappa shape index (κ1) is 17.9. The van der Waals surface area contributed by atoms with Crippen LogP contribution in [-0.4, -0.2) is 49.6 Å². The molecule has 118 valence electrons. The zero-order valence-electron chi connectivity index (χ0n) is 13.6. The van der Waals surface area contributed by atoms with E-state index >= 15 is 0 Å². The first-order valence-electron chi connectivity index (χ1n) is 7.56. The van der Waals surface area contributed by atoms with Gasteiger partial charge in [0.1, 0.15) is 11.1 Å². The van der Waals surface area contributed by atoms with Crippen molar-refractivity contribution in [2.45, 2.75) is 70.3 Å². The van der Waals surface area contributed by atoms with Crippen LogP contribution in [0.5, 0.6) is 0 Å². The Morgan fingerprint density at radius 2 is 1.95 bits per heavy atom. The Morgan fingerprint density at radius 1 is 1.29 bits per heavy atom. The van der Waals surface area contributed by atoms with Crippen LogP contribution in [0.15, 0.2) is 0 Å². The largest absolute Gasteiger partial charge is 0.467 e. The van der Waals surface area contributed by atoms with Gasteiger partial charge in [-0.1, -0.05) is 12.7 Å². The SMILES string of the molecule is [B]CCCC1(C(=O)OC)CCCCN1C(=O)OC(C)(C)C. The second kappa shape index (κ2) is 7.18. The van der Waals surface area contributed by atoms with Crippen LogP contribution in [0.1, 0.15) is 52.9 Å². The van der Waals surface area contributed by atoms with Gasteiger partial charge in [0.25, 0.3) is 0 Å². The summed E-state index contributed by atoms with van der Waals surface area (Å²) in [4.78, 5) is 26.4. The third-order valence-electron chi connectivity index (χ3n) is 3.71. The molecule has 0 N–H and O–H groups in total. The second-order valence-corrected chi connectivity index (χ2v) is 6.50. The zero-order valence-corrected chi connectivity index (χ0v) is 13.6. The maximum atomic E-state index is 12.5. The molecule has 0 aromatic rings. The molecule has 1 heterocycles. The highest BCUT2D eigenvalue weighted by atomic mass is 16.6. The van der Waals surface area contributed by atoms with Crippen molar-refractivity contribution in [2.75, 3.05) is 13.7 Å². The van der Waals surface area contributed by atoms with E-state index in [2.05, 4.69) is 0 Å². The zero-order chi connectivity index (χ0) is 16.1. The average Bonchev–Trinajstić information content (AvgIpc) is 2.42. The number of nitrogens with zero attached hydrogens (tertiary/aromatic N) is 1. The van der Waals surface area contributed by atoms with Crippen LogP contribution >= 0.6 is 0 Å². The molecule has 0 spiro atoms. The molecule has 1 aliphatic heterocycles. The monoisotopic (exact) mass is 295 g/mol. The molecule has 0 aromatic carbocycles. The summed E-state index contributed by atoms with van der Waals surface area (Å²) in [5.41, 5.74) is -1.53. The topological polar surface area (TPSA) is 55.8 Å². The Kier molecular flexibility index (Phi) is 6.11. The van der Waals surface area contributed by atoms with Crippen LogP contribution in [0, 0.1) is 0 Å². The fraction of sp³-hybridized carbons (Fsp3) is 0.867. The van der Waals surface area contributed by atoms with Gasteiger partial charge >= 0.3 is 12.1 Å². The molecule has 6 heteroatoms. The van der Waals surface area contributed by atoms with Gasteiger partial charge in [-0.25, -0.2) is 9.59 Å². The van der Waals surface area contributed by atoms with Crippen LogP contribution < -0.4 is 0 Å². The van der Waals surface area contributed by atoms with Crippen LogP contribution in [0.4, 0.5) is 4.79 Å². The Hall–Kier alpha value is -1.20. The number of carbonyl (C=O) groups is 2. The molecular weight excluding hydrogens is 269 g/mol. The first-order valence-corrected chi connectivity index (χ1v) is 7.56. The number of likely N-dealkylation sites (tertiary alicyclic amines) is 1. The third kappa shape index (κ3) is 4.38. The number of hydrogen-bond donors (Lipinski definition) is 0. The molecule has 1 rings (SSSR count). The molecule has 1 atom stereocenters. The Bertz CT molecular complexity index is 380. The molecule has 0 aromatic heterocycles. The molecule has 1 unspecified atom stereocenters. The summed E-state index contributed by atoms with van der Waals surface area (Å²) in [5, 5.41) is 0. The van der Waals surface area contributed by atoms with Gasteiger partial charge in [-0.15, -0.1) is 0 Å². The van der Waals surface area contributed by atoms with Crippen molar-refractivity contribution in [1.29, 1.82) is 0 Å². The van der Waals surface area contributed by atoms with E-state index in [1.165, 1.54) is 7.11 Å². The van der Waals surface area contributed by atoms with Gasteiger partial charge < -0.3 is 9.47 Å². The molecule has 1 amide bonds. The summed E-state index contributed by atoms with van der Waals surface area (Å²) < 4.78 is 10.4. The Labute approximate surface area is 128 Å². The van der Waals surface area contributed by atoms with E-state index in [0.717, 1.165) is 12.8 Å². The lowest BCUT2D eigenvalue weighted by atomic mass is 9.81. The molecule has 1 saturated heterocycles. The van der Waals surface area contributed by atoms with Crippen LogP contribution in [0.2, 0.25) is 6.32 Å². The standard InChI is InChI=1S/C15H26BNO4/c1-14(2,3)21-13(19)17-11-6-5-8-15(17,9-7-10-16)12(18)20-4/h5-11H2,1-4H3. The highest BCUT2D eigenvalue weighted by molar-refractivity contribution is 6.08. The molecule has 1 aliphatic rings. The van der Waals surface area contributed by atoms with Crippen molar-refractivity contribution >= 4 is 19.9 Å². The second-order valence-electron chi connectivity index (χ2n) is 6.50. The van der Waals surface area contributed by atoms with Crippen LogP contribution in [0.3, 0.4) is 0 Å². The number of hydrogen-bond acceptors (Lipinski definition) is 4. The van der Waals surface area contributed by atoms with Crippen molar-refractivity contribution in [3.05, 3.63) is 0 Å². The lowest BCUT2D eigenvalue weighted by molar-refractivity contribution is -0.158. The third-order valence-corrected chi connectivity index (χ3v) is 3.71. The lowest BCUT2D eigenvalue weighted by Gasteiger charge is -2.45. The molecule has 5 nitrogen and oxygen atoms in total. The average molecular weight is 295 g/mol. The number of carbonyl (C=O) groups excluding carboxylic acids is 2. The van der Waals surface area contributed by atoms with Gasteiger partial charge in [-0.2, -0.15) is 0 Å². The number of piperidine rings is 1. The summed E-state index contributed by atoms with van der Waals surface area (Å²) in [6, 6.07) is 0. The highest BCUT2D eigenvalue weighted by Crippen LogP contribution is 2.35. The molecule has 0 bridgehead atoms. The minimum atomic E-state index is -0.936. The van der Waals surface area contributed by atoms with E-state index in [4.69, 9.17) is 17.3 Å². The minimum Gasteiger partial charge on any atom is -0.467 e. The summed E-state index contributed by atoms with van der Waals surface area (Å²) in [5.74, 6) is -0.374. The number of amides is 1. The molecule has 21 heavy (non-hydrogen) atoms. The highest BCUT2D eigenvalue weighted by Gasteiger charge is 2.49. The minimum absolute atomic E-state index is 0.374. The predicted octanol–water partition coefficient (Wildman–Crippen LogP) is 2.69. The van der Waals surface area contributed by atoms with Crippen molar-refractivity contribution in [3.63, 3.8) is 0 Å². The number of esters is 1. The van der Waals surface area contributed by atoms with Crippen LogP contribution in [-0.2, 0) is 14.3 Å². The van der Waals surface area contributed by atoms with Gasteiger partial charge in [0.15, 0.2) is 0 Å². The molecule has 1 fully saturated rings. The quantitative estimate of drug-likeness (QED) is 0.591. The number of ether oxygens (including phenoxy) is 2. The molecule has 0 saturated carbocycles. The fourth-order valence-electron chi connectivity index (χ4n) is 2.78. The van der Waals surface area contributed by atoms with Crippen molar-refractivity contribution in [2.24, 2.45) is 0 Å². The van der Waals surface area contributed by atoms with E-state index in [9.17, 15) is 9.59 Å². The van der Waals surface area contributed by atoms with Gasteiger partial charge in [0, 0.05) is 6.54 Å². The van der Waals surface area contributed by atoms with E-state index in [1.807, 2.05) is 20.8 Å². The molecular formula is C15H26BNO4. The summed E-state index contributed by atoms with van der Waals surface area (Å²) in [6.07, 6.45) is 3.54.